The van der Waals surface area contributed by atoms with Crippen LogP contribution in [-0.2, 0) is 20.9 Å². The maximum absolute atomic E-state index is 11.3. The molecule has 16 heavy (non-hydrogen) atoms. The summed E-state index contributed by atoms with van der Waals surface area (Å²) in [4.78, 5) is 22.6. The Labute approximate surface area is 94.4 Å². The summed E-state index contributed by atoms with van der Waals surface area (Å²) in [5.74, 6) is -1.53. The lowest BCUT2D eigenvalue weighted by atomic mass is 10.1. The molecule has 0 aliphatic rings. The van der Waals surface area contributed by atoms with Crippen molar-refractivity contribution in [3.05, 3.63) is 35.9 Å². The van der Waals surface area contributed by atoms with Gasteiger partial charge in [0.1, 0.15) is 6.61 Å². The van der Waals surface area contributed by atoms with E-state index in [9.17, 15) is 9.59 Å². The third kappa shape index (κ3) is 3.47. The number of nitrogens with two attached hydrogens (primary N) is 1. The molecule has 0 aliphatic heterocycles. The second-order valence-electron chi connectivity index (χ2n) is 3.44. The van der Waals surface area contributed by atoms with Crippen molar-refractivity contribution in [3.8, 4) is 0 Å². The first kappa shape index (κ1) is 12.4. The first-order valence-corrected chi connectivity index (χ1v) is 5.15. The highest BCUT2D eigenvalue weighted by molar-refractivity contribution is 6.35. The van der Waals surface area contributed by atoms with Gasteiger partial charge >= 0.3 is 5.97 Å². The predicted molar refractivity (Wildman–Crippen MR) is 59.5 cm³/mol. The van der Waals surface area contributed by atoms with E-state index < -0.39 is 17.8 Å². The molecule has 0 saturated carbocycles. The molecule has 4 nitrogen and oxygen atoms in total. The average molecular weight is 221 g/mol. The number of esters is 1. The Morgan fingerprint density at radius 2 is 1.94 bits per heavy atom. The molecule has 0 aromatic heterocycles. The monoisotopic (exact) mass is 221 g/mol. The number of ether oxygens (including phenoxy) is 1. The molecule has 1 unspecified atom stereocenters. The van der Waals surface area contributed by atoms with Crippen LogP contribution in [0.5, 0.6) is 0 Å². The number of benzene rings is 1. The van der Waals surface area contributed by atoms with E-state index in [1.54, 1.807) is 6.92 Å². The summed E-state index contributed by atoms with van der Waals surface area (Å²) in [6.07, 6.45) is 0.430. The number of Topliss-reactive ketones (excluding diaryl/α,β-unsaturated/α-hetero) is 1. The molecule has 86 valence electrons. The lowest BCUT2D eigenvalue weighted by molar-refractivity contribution is -0.155. The summed E-state index contributed by atoms with van der Waals surface area (Å²) in [7, 11) is 0. The number of carbonyl (C=O) groups is 2. The van der Waals surface area contributed by atoms with Crippen LogP contribution in [-0.4, -0.2) is 17.8 Å². The van der Waals surface area contributed by atoms with Crippen LogP contribution in [0.4, 0.5) is 0 Å². The summed E-state index contributed by atoms with van der Waals surface area (Å²) >= 11 is 0. The standard InChI is InChI=1S/C12H15NO3/c1-2-10(13)11(14)12(15)16-8-9-6-4-3-5-7-9/h3-7,10H,2,8,13H2,1H3. The number of carbonyl (C=O) groups excluding carboxylic acids is 2. The molecule has 0 radical (unpaired) electrons. The number of rotatable bonds is 5. The molecule has 0 aliphatic carbocycles. The van der Waals surface area contributed by atoms with Gasteiger partial charge in [0.15, 0.2) is 0 Å². The Bertz CT molecular complexity index is 362. The Kier molecular flexibility index (Phi) is 4.66. The summed E-state index contributed by atoms with van der Waals surface area (Å²) < 4.78 is 4.84. The van der Waals surface area contributed by atoms with Gasteiger partial charge in [0.25, 0.3) is 5.78 Å². The minimum absolute atomic E-state index is 0.0991. The highest BCUT2D eigenvalue weighted by Crippen LogP contribution is 2.01. The van der Waals surface area contributed by atoms with Gasteiger partial charge in [-0.25, -0.2) is 4.79 Å². The van der Waals surface area contributed by atoms with Crippen LogP contribution >= 0.6 is 0 Å². The van der Waals surface area contributed by atoms with Crippen molar-refractivity contribution >= 4 is 11.8 Å². The zero-order valence-electron chi connectivity index (χ0n) is 9.18. The summed E-state index contributed by atoms with van der Waals surface area (Å²) in [6, 6.07) is 8.41. The Balaban J connectivity index is 2.44. The number of hydrogen-bond acceptors (Lipinski definition) is 4. The maximum atomic E-state index is 11.3. The molecule has 0 saturated heterocycles. The van der Waals surface area contributed by atoms with Crippen molar-refractivity contribution in [3.63, 3.8) is 0 Å². The molecule has 0 bridgehead atoms. The molecular weight excluding hydrogens is 206 g/mol. The molecule has 1 aromatic carbocycles. The highest BCUT2D eigenvalue weighted by atomic mass is 16.5. The third-order valence-corrected chi connectivity index (χ3v) is 2.19. The van der Waals surface area contributed by atoms with Gasteiger partial charge in [0, 0.05) is 0 Å². The van der Waals surface area contributed by atoms with Crippen LogP contribution in [0.3, 0.4) is 0 Å². The minimum atomic E-state index is -0.863. The molecule has 1 aromatic rings. The molecule has 0 spiro atoms. The molecule has 0 heterocycles. The fourth-order valence-electron chi connectivity index (χ4n) is 1.13. The number of ketones is 1. The van der Waals surface area contributed by atoms with Gasteiger partial charge < -0.3 is 10.5 Å². The summed E-state index contributed by atoms with van der Waals surface area (Å²) in [5, 5.41) is 0. The Hall–Kier alpha value is -1.68. The van der Waals surface area contributed by atoms with Crippen molar-refractivity contribution in [2.45, 2.75) is 26.0 Å². The van der Waals surface area contributed by atoms with E-state index in [0.29, 0.717) is 6.42 Å². The summed E-state index contributed by atoms with van der Waals surface area (Å²) in [5.41, 5.74) is 6.28. The minimum Gasteiger partial charge on any atom is -0.455 e. The zero-order valence-corrected chi connectivity index (χ0v) is 9.18. The molecule has 0 amide bonds. The maximum Gasteiger partial charge on any atom is 0.376 e. The zero-order chi connectivity index (χ0) is 12.0. The van der Waals surface area contributed by atoms with Crippen molar-refractivity contribution in [1.29, 1.82) is 0 Å². The van der Waals surface area contributed by atoms with E-state index in [1.165, 1.54) is 0 Å². The first-order chi connectivity index (χ1) is 7.65. The van der Waals surface area contributed by atoms with Crippen LogP contribution in [0.1, 0.15) is 18.9 Å². The van der Waals surface area contributed by atoms with E-state index in [4.69, 9.17) is 10.5 Å². The van der Waals surface area contributed by atoms with E-state index in [2.05, 4.69) is 0 Å². The fourth-order valence-corrected chi connectivity index (χ4v) is 1.13. The van der Waals surface area contributed by atoms with Gasteiger partial charge in [-0.2, -0.15) is 0 Å². The van der Waals surface area contributed by atoms with Crippen LogP contribution in [0.2, 0.25) is 0 Å². The van der Waals surface area contributed by atoms with Crippen molar-refractivity contribution in [2.75, 3.05) is 0 Å². The van der Waals surface area contributed by atoms with Crippen LogP contribution < -0.4 is 5.73 Å². The second kappa shape index (κ2) is 6.02. The summed E-state index contributed by atoms with van der Waals surface area (Å²) in [6.45, 7) is 1.84. The van der Waals surface area contributed by atoms with Gasteiger partial charge in [-0.1, -0.05) is 37.3 Å². The van der Waals surface area contributed by atoms with Gasteiger partial charge in [-0.15, -0.1) is 0 Å². The van der Waals surface area contributed by atoms with Crippen molar-refractivity contribution in [2.24, 2.45) is 5.73 Å². The van der Waals surface area contributed by atoms with Crippen LogP contribution in [0.15, 0.2) is 30.3 Å². The van der Waals surface area contributed by atoms with Crippen LogP contribution in [0.25, 0.3) is 0 Å². The Morgan fingerprint density at radius 3 is 2.50 bits per heavy atom. The molecule has 1 atom stereocenters. The van der Waals surface area contributed by atoms with Crippen molar-refractivity contribution in [1.82, 2.24) is 0 Å². The average Bonchev–Trinajstić information content (AvgIpc) is 2.35. The molecule has 0 fully saturated rings. The fraction of sp³-hybridized carbons (Fsp3) is 0.333. The molecule has 1 rings (SSSR count). The molecule has 4 heteroatoms. The number of hydrogen-bond donors (Lipinski definition) is 1. The topological polar surface area (TPSA) is 69.4 Å². The molecule has 2 N–H and O–H groups in total. The first-order valence-electron chi connectivity index (χ1n) is 5.15. The predicted octanol–water partition coefficient (Wildman–Crippen LogP) is 1.04. The van der Waals surface area contributed by atoms with Gasteiger partial charge in [-0.05, 0) is 12.0 Å². The van der Waals surface area contributed by atoms with Gasteiger partial charge in [0.2, 0.25) is 0 Å². The van der Waals surface area contributed by atoms with Crippen LogP contribution in [0, 0.1) is 0 Å². The second-order valence-corrected chi connectivity index (χ2v) is 3.44. The highest BCUT2D eigenvalue weighted by Gasteiger charge is 2.21. The van der Waals surface area contributed by atoms with E-state index in [-0.39, 0.29) is 6.61 Å². The lowest BCUT2D eigenvalue weighted by Crippen LogP contribution is -2.36. The van der Waals surface area contributed by atoms with E-state index in [0.717, 1.165) is 5.56 Å². The Morgan fingerprint density at radius 1 is 1.31 bits per heavy atom. The molecular formula is C12H15NO3. The smallest absolute Gasteiger partial charge is 0.376 e. The van der Waals surface area contributed by atoms with E-state index >= 15 is 0 Å². The quantitative estimate of drug-likeness (QED) is 0.595. The van der Waals surface area contributed by atoms with Gasteiger partial charge in [-0.3, -0.25) is 4.79 Å². The lowest BCUT2D eigenvalue weighted by Gasteiger charge is -2.07. The van der Waals surface area contributed by atoms with E-state index in [1.807, 2.05) is 30.3 Å². The van der Waals surface area contributed by atoms with Gasteiger partial charge in [0.05, 0.1) is 6.04 Å². The SMILES string of the molecule is CCC(N)C(=O)C(=O)OCc1ccccc1. The third-order valence-electron chi connectivity index (χ3n) is 2.19. The largest absolute Gasteiger partial charge is 0.455 e. The normalized spacial score (nSPS) is 11.9. The van der Waals surface area contributed by atoms with Crippen molar-refractivity contribution < 1.29 is 14.3 Å².